The molecule has 2 aliphatic heterocycles. The van der Waals surface area contributed by atoms with E-state index in [1.807, 2.05) is 17.5 Å². The molecule has 3 aliphatic rings. The van der Waals surface area contributed by atoms with Crippen LogP contribution in [0.4, 0.5) is 0 Å². The summed E-state index contributed by atoms with van der Waals surface area (Å²) in [5.74, 6) is -0.192. The number of carbonyl (C=O) groups excluding carboxylic acids is 2. The molecule has 1 aromatic rings. The van der Waals surface area contributed by atoms with Gasteiger partial charge in [0.2, 0.25) is 0 Å². The van der Waals surface area contributed by atoms with E-state index in [2.05, 4.69) is 4.90 Å². The van der Waals surface area contributed by atoms with Gasteiger partial charge < -0.3 is 9.64 Å². The molecule has 0 aromatic carbocycles. The lowest BCUT2D eigenvalue weighted by Gasteiger charge is -2.31. The Hall–Kier alpha value is -1.66. The Kier molecular flexibility index (Phi) is 4.90. The quantitative estimate of drug-likeness (QED) is 0.614. The minimum absolute atomic E-state index is 0.0519. The van der Waals surface area contributed by atoms with Gasteiger partial charge in [0.1, 0.15) is 5.70 Å². The van der Waals surface area contributed by atoms with E-state index in [4.69, 9.17) is 4.74 Å². The molecule has 25 heavy (non-hydrogen) atoms. The van der Waals surface area contributed by atoms with Crippen molar-refractivity contribution in [2.75, 3.05) is 26.3 Å². The summed E-state index contributed by atoms with van der Waals surface area (Å²) in [7, 11) is 0. The number of hydrogen-bond acceptors (Lipinski definition) is 5. The molecule has 5 nitrogen and oxygen atoms in total. The van der Waals surface area contributed by atoms with Crippen molar-refractivity contribution in [1.82, 2.24) is 9.80 Å². The van der Waals surface area contributed by atoms with E-state index in [-0.39, 0.29) is 17.9 Å². The van der Waals surface area contributed by atoms with Crippen LogP contribution in [0, 0.1) is 0 Å². The number of morpholine rings is 1. The zero-order valence-corrected chi connectivity index (χ0v) is 15.2. The molecule has 1 saturated carbocycles. The lowest BCUT2D eigenvalue weighted by Crippen LogP contribution is -2.44. The Balaban J connectivity index is 1.70. The SMILES string of the molecule is O=C1C(c2cccs2)=C(N2CCOCC2)C(=O)N1C1CCCCCC1. The van der Waals surface area contributed by atoms with Gasteiger partial charge >= 0.3 is 0 Å². The van der Waals surface area contributed by atoms with E-state index in [0.717, 1.165) is 30.6 Å². The van der Waals surface area contributed by atoms with Crippen molar-refractivity contribution in [3.05, 3.63) is 28.1 Å². The minimum atomic E-state index is -0.0964. The zero-order valence-electron chi connectivity index (χ0n) is 14.4. The first kappa shape index (κ1) is 16.8. The van der Waals surface area contributed by atoms with Gasteiger partial charge in [-0.25, -0.2) is 0 Å². The van der Waals surface area contributed by atoms with Gasteiger partial charge in [-0.2, -0.15) is 0 Å². The standard InChI is InChI=1S/C19H24N2O3S/c22-18-16(15-8-5-13-25-15)17(20-9-11-24-12-10-20)19(23)21(18)14-6-3-1-2-4-7-14/h5,8,13-14H,1-4,6-7,9-12H2. The number of ether oxygens (including phenoxy) is 1. The zero-order chi connectivity index (χ0) is 17.2. The molecule has 0 spiro atoms. The maximum absolute atomic E-state index is 13.3. The Bertz CT molecular complexity index is 669. The predicted molar refractivity (Wildman–Crippen MR) is 97.0 cm³/mol. The molecule has 0 atom stereocenters. The van der Waals surface area contributed by atoms with Crippen LogP contribution in [0.3, 0.4) is 0 Å². The van der Waals surface area contributed by atoms with Crippen LogP contribution in [0.25, 0.3) is 5.57 Å². The van der Waals surface area contributed by atoms with Crippen LogP contribution >= 0.6 is 11.3 Å². The Morgan fingerprint density at radius 1 is 1.00 bits per heavy atom. The van der Waals surface area contributed by atoms with Crippen LogP contribution in [0.15, 0.2) is 23.2 Å². The Morgan fingerprint density at radius 3 is 2.36 bits per heavy atom. The second-order valence-corrected chi connectivity index (χ2v) is 7.87. The van der Waals surface area contributed by atoms with Gasteiger partial charge in [0.25, 0.3) is 11.8 Å². The molecule has 2 amide bonds. The molecular formula is C19H24N2O3S. The van der Waals surface area contributed by atoms with Crippen LogP contribution in [-0.4, -0.2) is 54.0 Å². The molecule has 0 radical (unpaired) electrons. The van der Waals surface area contributed by atoms with Gasteiger partial charge in [0.15, 0.2) is 0 Å². The average molecular weight is 360 g/mol. The molecule has 1 aromatic heterocycles. The van der Waals surface area contributed by atoms with E-state index in [1.165, 1.54) is 24.2 Å². The average Bonchev–Trinajstić information content (AvgIpc) is 3.14. The number of nitrogens with zero attached hydrogens (tertiary/aromatic N) is 2. The summed E-state index contributed by atoms with van der Waals surface area (Å²) in [6, 6.07) is 3.94. The third-order valence-electron chi connectivity index (χ3n) is 5.38. The van der Waals surface area contributed by atoms with Gasteiger partial charge in [0.05, 0.1) is 18.8 Å². The van der Waals surface area contributed by atoms with Gasteiger partial charge in [-0.15, -0.1) is 11.3 Å². The number of amides is 2. The van der Waals surface area contributed by atoms with Crippen molar-refractivity contribution in [3.63, 3.8) is 0 Å². The summed E-state index contributed by atoms with van der Waals surface area (Å²) >= 11 is 1.53. The lowest BCUT2D eigenvalue weighted by molar-refractivity contribution is -0.140. The predicted octanol–water partition coefficient (Wildman–Crippen LogP) is 2.88. The maximum atomic E-state index is 13.3. The smallest absolute Gasteiger partial charge is 0.278 e. The number of thiophene rings is 1. The summed E-state index contributed by atoms with van der Waals surface area (Å²) in [6.45, 7) is 2.54. The van der Waals surface area contributed by atoms with Crippen molar-refractivity contribution in [2.24, 2.45) is 0 Å². The van der Waals surface area contributed by atoms with E-state index in [1.54, 1.807) is 4.90 Å². The van der Waals surface area contributed by atoms with E-state index in [0.29, 0.717) is 37.6 Å². The first-order chi connectivity index (χ1) is 12.3. The lowest BCUT2D eigenvalue weighted by atomic mass is 10.1. The minimum Gasteiger partial charge on any atom is -0.378 e. The summed E-state index contributed by atoms with van der Waals surface area (Å²) < 4.78 is 5.44. The van der Waals surface area contributed by atoms with Gasteiger partial charge in [0, 0.05) is 24.0 Å². The molecule has 2 fully saturated rings. The molecule has 0 bridgehead atoms. The van der Waals surface area contributed by atoms with Crippen molar-refractivity contribution < 1.29 is 14.3 Å². The van der Waals surface area contributed by atoms with Gasteiger partial charge in [-0.3, -0.25) is 14.5 Å². The highest BCUT2D eigenvalue weighted by atomic mass is 32.1. The molecule has 0 N–H and O–H groups in total. The molecule has 1 aliphatic carbocycles. The molecule has 134 valence electrons. The van der Waals surface area contributed by atoms with E-state index in [9.17, 15) is 9.59 Å². The summed E-state index contributed by atoms with van der Waals surface area (Å²) in [5, 5.41) is 1.96. The first-order valence-corrected chi connectivity index (χ1v) is 10.1. The van der Waals surface area contributed by atoms with Crippen molar-refractivity contribution >= 4 is 28.7 Å². The van der Waals surface area contributed by atoms with Crippen molar-refractivity contribution in [2.45, 2.75) is 44.6 Å². The van der Waals surface area contributed by atoms with E-state index >= 15 is 0 Å². The van der Waals surface area contributed by atoms with Crippen LogP contribution in [0.2, 0.25) is 0 Å². The summed E-state index contributed by atoms with van der Waals surface area (Å²) in [4.78, 5) is 31.1. The van der Waals surface area contributed by atoms with Crippen molar-refractivity contribution in [3.8, 4) is 0 Å². The number of rotatable bonds is 3. The first-order valence-electron chi connectivity index (χ1n) is 9.26. The molecule has 4 rings (SSSR count). The van der Waals surface area contributed by atoms with Gasteiger partial charge in [-0.05, 0) is 24.3 Å². The molecule has 6 heteroatoms. The van der Waals surface area contributed by atoms with Crippen LogP contribution in [0.1, 0.15) is 43.4 Å². The highest BCUT2D eigenvalue weighted by Gasteiger charge is 2.45. The highest BCUT2D eigenvalue weighted by molar-refractivity contribution is 7.11. The molecular weight excluding hydrogens is 336 g/mol. The maximum Gasteiger partial charge on any atom is 0.278 e. The number of carbonyl (C=O) groups is 2. The fourth-order valence-electron chi connectivity index (χ4n) is 4.11. The third kappa shape index (κ3) is 3.13. The monoisotopic (exact) mass is 360 g/mol. The highest BCUT2D eigenvalue weighted by Crippen LogP contribution is 2.37. The molecule has 1 saturated heterocycles. The normalized spacial score (nSPS) is 23.5. The van der Waals surface area contributed by atoms with E-state index < -0.39 is 0 Å². The molecule has 0 unspecified atom stereocenters. The largest absolute Gasteiger partial charge is 0.378 e. The second-order valence-electron chi connectivity index (χ2n) is 6.93. The molecule has 3 heterocycles. The number of hydrogen-bond donors (Lipinski definition) is 0. The van der Waals surface area contributed by atoms with Crippen molar-refractivity contribution in [1.29, 1.82) is 0 Å². The van der Waals surface area contributed by atoms with Crippen LogP contribution < -0.4 is 0 Å². The third-order valence-corrected chi connectivity index (χ3v) is 6.26. The summed E-state index contributed by atoms with van der Waals surface area (Å²) in [6.07, 6.45) is 6.48. The van der Waals surface area contributed by atoms with Crippen LogP contribution in [0.5, 0.6) is 0 Å². The Labute approximate surface area is 152 Å². The summed E-state index contributed by atoms with van der Waals surface area (Å²) in [5.41, 5.74) is 1.20. The second kappa shape index (κ2) is 7.30. The van der Waals surface area contributed by atoms with Crippen LogP contribution in [-0.2, 0) is 14.3 Å². The Morgan fingerprint density at radius 2 is 1.72 bits per heavy atom. The fourth-order valence-corrected chi connectivity index (χ4v) is 4.87. The fraction of sp³-hybridized carbons (Fsp3) is 0.579. The number of imide groups is 1. The van der Waals surface area contributed by atoms with Gasteiger partial charge in [-0.1, -0.05) is 31.7 Å². The topological polar surface area (TPSA) is 49.9 Å².